The second-order valence-electron chi connectivity index (χ2n) is 5.48. The SMILES string of the molecule is COc1ccc(C(Cc2nnn(C)n2)c2ccccc2)cc1OC. The molecule has 0 N–H and O–H groups in total. The average Bonchev–Trinajstić information content (AvgIpc) is 3.05. The lowest BCUT2D eigenvalue weighted by Crippen LogP contribution is -2.07. The summed E-state index contributed by atoms with van der Waals surface area (Å²) in [6.45, 7) is 0. The third-order valence-electron chi connectivity index (χ3n) is 3.95. The van der Waals surface area contributed by atoms with Gasteiger partial charge in [0.25, 0.3) is 0 Å². The summed E-state index contributed by atoms with van der Waals surface area (Å²) in [5.41, 5.74) is 2.31. The van der Waals surface area contributed by atoms with Crippen LogP contribution in [0.2, 0.25) is 0 Å². The minimum Gasteiger partial charge on any atom is -0.493 e. The summed E-state index contributed by atoms with van der Waals surface area (Å²) in [5.74, 6) is 2.24. The molecule has 0 aliphatic carbocycles. The van der Waals surface area contributed by atoms with E-state index in [2.05, 4.69) is 33.6 Å². The molecule has 24 heavy (non-hydrogen) atoms. The summed E-state index contributed by atoms with van der Waals surface area (Å²) in [6, 6.07) is 16.3. The highest BCUT2D eigenvalue weighted by atomic mass is 16.5. The highest BCUT2D eigenvalue weighted by Gasteiger charge is 2.19. The quantitative estimate of drug-likeness (QED) is 0.697. The van der Waals surface area contributed by atoms with Gasteiger partial charge in [-0.05, 0) is 28.5 Å². The molecule has 0 radical (unpaired) electrons. The van der Waals surface area contributed by atoms with Gasteiger partial charge in [-0.3, -0.25) is 0 Å². The molecule has 1 heterocycles. The van der Waals surface area contributed by atoms with Crippen molar-refractivity contribution in [2.45, 2.75) is 12.3 Å². The van der Waals surface area contributed by atoms with Crippen molar-refractivity contribution in [3.63, 3.8) is 0 Å². The van der Waals surface area contributed by atoms with Gasteiger partial charge in [0.05, 0.1) is 21.3 Å². The maximum Gasteiger partial charge on any atom is 0.175 e. The molecule has 0 bridgehead atoms. The molecule has 1 atom stereocenters. The number of nitrogens with zero attached hydrogens (tertiary/aromatic N) is 4. The number of aryl methyl sites for hydroxylation is 1. The topological polar surface area (TPSA) is 62.1 Å². The Kier molecular flexibility index (Phi) is 4.74. The van der Waals surface area contributed by atoms with Crippen LogP contribution in [0.3, 0.4) is 0 Å². The van der Waals surface area contributed by atoms with Gasteiger partial charge < -0.3 is 9.47 Å². The largest absolute Gasteiger partial charge is 0.493 e. The monoisotopic (exact) mass is 324 g/mol. The molecule has 6 heteroatoms. The molecule has 0 fully saturated rings. The fraction of sp³-hybridized carbons (Fsp3) is 0.278. The van der Waals surface area contributed by atoms with Crippen LogP contribution in [0.15, 0.2) is 48.5 Å². The summed E-state index contributed by atoms with van der Waals surface area (Å²) < 4.78 is 10.8. The Morgan fingerprint density at radius 2 is 1.71 bits per heavy atom. The van der Waals surface area contributed by atoms with Crippen molar-refractivity contribution < 1.29 is 9.47 Å². The molecule has 2 aromatic carbocycles. The van der Waals surface area contributed by atoms with Crippen molar-refractivity contribution >= 4 is 0 Å². The van der Waals surface area contributed by atoms with Gasteiger partial charge in [0.2, 0.25) is 0 Å². The van der Waals surface area contributed by atoms with Crippen molar-refractivity contribution in [1.29, 1.82) is 0 Å². The summed E-state index contributed by atoms with van der Waals surface area (Å²) in [4.78, 5) is 1.48. The first-order valence-corrected chi connectivity index (χ1v) is 7.71. The number of methoxy groups -OCH3 is 2. The molecule has 3 rings (SSSR count). The number of aromatic nitrogens is 4. The third kappa shape index (κ3) is 3.37. The first-order valence-electron chi connectivity index (χ1n) is 7.71. The van der Waals surface area contributed by atoms with Gasteiger partial charge >= 0.3 is 0 Å². The van der Waals surface area contributed by atoms with E-state index >= 15 is 0 Å². The van der Waals surface area contributed by atoms with Crippen LogP contribution < -0.4 is 9.47 Å². The van der Waals surface area contributed by atoms with Crippen molar-refractivity contribution in [1.82, 2.24) is 20.2 Å². The lowest BCUT2D eigenvalue weighted by Gasteiger charge is -2.18. The zero-order valence-corrected chi connectivity index (χ0v) is 14.0. The van der Waals surface area contributed by atoms with E-state index in [9.17, 15) is 0 Å². The van der Waals surface area contributed by atoms with Crippen molar-refractivity contribution in [2.75, 3.05) is 14.2 Å². The molecule has 0 saturated carbocycles. The molecule has 0 amide bonds. The number of tetrazole rings is 1. The van der Waals surface area contributed by atoms with Crippen molar-refractivity contribution in [2.24, 2.45) is 7.05 Å². The van der Waals surface area contributed by atoms with Crippen LogP contribution in [0.4, 0.5) is 0 Å². The van der Waals surface area contributed by atoms with Crippen LogP contribution in [-0.4, -0.2) is 34.4 Å². The Morgan fingerprint density at radius 3 is 2.33 bits per heavy atom. The van der Waals surface area contributed by atoms with Crippen LogP contribution >= 0.6 is 0 Å². The molecule has 0 saturated heterocycles. The summed E-state index contributed by atoms with van der Waals surface area (Å²) in [5, 5.41) is 12.4. The Labute approximate surface area is 141 Å². The van der Waals surface area contributed by atoms with Crippen LogP contribution in [0.5, 0.6) is 11.5 Å². The smallest absolute Gasteiger partial charge is 0.175 e. The molecule has 124 valence electrons. The van der Waals surface area contributed by atoms with Crippen LogP contribution in [0, 0.1) is 0 Å². The number of benzene rings is 2. The number of hydrogen-bond donors (Lipinski definition) is 0. The summed E-state index contributed by atoms with van der Waals surface area (Å²) in [7, 11) is 5.05. The molecule has 0 aliphatic rings. The normalized spacial score (nSPS) is 12.0. The van der Waals surface area contributed by atoms with E-state index in [-0.39, 0.29) is 5.92 Å². The van der Waals surface area contributed by atoms with Crippen molar-refractivity contribution in [3.05, 3.63) is 65.5 Å². The number of ether oxygens (including phenoxy) is 2. The fourth-order valence-corrected chi connectivity index (χ4v) is 2.77. The predicted molar refractivity (Wildman–Crippen MR) is 90.3 cm³/mol. The lowest BCUT2D eigenvalue weighted by atomic mass is 9.88. The van der Waals surface area contributed by atoms with E-state index in [1.165, 1.54) is 10.4 Å². The Balaban J connectivity index is 2.01. The third-order valence-corrected chi connectivity index (χ3v) is 3.95. The maximum absolute atomic E-state index is 5.44. The second-order valence-corrected chi connectivity index (χ2v) is 5.48. The van der Waals surface area contributed by atoms with Gasteiger partial charge in [0, 0.05) is 12.3 Å². The zero-order valence-electron chi connectivity index (χ0n) is 14.0. The summed E-state index contributed by atoms with van der Waals surface area (Å²) in [6.07, 6.45) is 0.660. The minimum absolute atomic E-state index is 0.107. The van der Waals surface area contributed by atoms with Gasteiger partial charge in [-0.2, -0.15) is 4.80 Å². The predicted octanol–water partition coefficient (Wildman–Crippen LogP) is 2.60. The first-order chi connectivity index (χ1) is 11.7. The molecule has 0 aliphatic heterocycles. The molecule has 1 unspecified atom stereocenters. The molecule has 6 nitrogen and oxygen atoms in total. The zero-order chi connectivity index (χ0) is 16.9. The van der Waals surface area contributed by atoms with E-state index in [4.69, 9.17) is 9.47 Å². The highest BCUT2D eigenvalue weighted by Crippen LogP contribution is 2.34. The van der Waals surface area contributed by atoms with Gasteiger partial charge in [-0.25, -0.2) is 0 Å². The first kappa shape index (κ1) is 16.0. The number of rotatable bonds is 6. The molecular formula is C18H20N4O2. The Morgan fingerprint density at radius 1 is 0.958 bits per heavy atom. The number of hydrogen-bond acceptors (Lipinski definition) is 5. The van der Waals surface area contributed by atoms with Gasteiger partial charge in [-0.15, -0.1) is 10.2 Å². The van der Waals surface area contributed by atoms with E-state index in [1.54, 1.807) is 21.3 Å². The minimum atomic E-state index is 0.107. The van der Waals surface area contributed by atoms with Gasteiger partial charge in [0.1, 0.15) is 0 Å². The molecule has 0 spiro atoms. The fourth-order valence-electron chi connectivity index (χ4n) is 2.77. The van der Waals surface area contributed by atoms with E-state index < -0.39 is 0 Å². The van der Waals surface area contributed by atoms with Crippen LogP contribution in [-0.2, 0) is 13.5 Å². The lowest BCUT2D eigenvalue weighted by molar-refractivity contribution is 0.354. The Bertz CT molecular complexity index is 802. The molecule has 1 aromatic heterocycles. The standard InChI is InChI=1S/C18H20N4O2/c1-22-20-18(19-21-22)12-15(13-7-5-4-6-8-13)14-9-10-16(23-2)17(11-14)24-3/h4-11,15H,12H2,1-3H3. The van der Waals surface area contributed by atoms with E-state index in [0.29, 0.717) is 23.7 Å². The Hall–Kier alpha value is -2.89. The molecule has 3 aromatic rings. The average molecular weight is 324 g/mol. The van der Waals surface area contributed by atoms with Crippen LogP contribution in [0.25, 0.3) is 0 Å². The summed E-state index contributed by atoms with van der Waals surface area (Å²) >= 11 is 0. The van der Waals surface area contributed by atoms with Crippen molar-refractivity contribution in [3.8, 4) is 11.5 Å². The van der Waals surface area contributed by atoms with Gasteiger partial charge in [-0.1, -0.05) is 36.4 Å². The maximum atomic E-state index is 5.44. The molecular weight excluding hydrogens is 304 g/mol. The second kappa shape index (κ2) is 7.12. The van der Waals surface area contributed by atoms with E-state index in [1.807, 2.05) is 30.3 Å². The highest BCUT2D eigenvalue weighted by molar-refractivity contribution is 5.46. The van der Waals surface area contributed by atoms with Crippen LogP contribution in [0.1, 0.15) is 22.9 Å². The van der Waals surface area contributed by atoms with Gasteiger partial charge in [0.15, 0.2) is 17.3 Å². The van der Waals surface area contributed by atoms with E-state index in [0.717, 1.165) is 5.56 Å².